The minimum atomic E-state index is 0.963. The van der Waals surface area contributed by atoms with Gasteiger partial charge in [-0.1, -0.05) is 35.6 Å². The molecule has 86 valence electrons. The molecule has 0 bridgehead atoms. The Hall–Kier alpha value is -2.20. The van der Waals surface area contributed by atoms with Crippen LogP contribution in [0, 0.1) is 0 Å². The monoisotopic (exact) mass is 251 g/mol. The number of rotatable bonds is 1. The Bertz CT molecular complexity index is 811. The van der Waals surface area contributed by atoms with Crippen molar-refractivity contribution in [3.05, 3.63) is 54.9 Å². The molecule has 0 fully saturated rings. The lowest BCUT2D eigenvalue weighted by Crippen LogP contribution is -1.89. The van der Waals surface area contributed by atoms with Crippen LogP contribution in [0.2, 0.25) is 0 Å². The van der Waals surface area contributed by atoms with Crippen molar-refractivity contribution in [3.8, 4) is 5.13 Å². The van der Waals surface area contributed by atoms with E-state index in [4.69, 9.17) is 0 Å². The van der Waals surface area contributed by atoms with E-state index in [2.05, 4.69) is 22.1 Å². The van der Waals surface area contributed by atoms with Crippen LogP contribution in [0.5, 0.6) is 0 Å². The van der Waals surface area contributed by atoms with Gasteiger partial charge in [0.2, 0.25) is 0 Å². The second kappa shape index (κ2) is 3.65. The number of hydrogen-bond donors (Lipinski definition) is 0. The van der Waals surface area contributed by atoms with Gasteiger partial charge in [-0.3, -0.25) is 4.57 Å². The minimum Gasteiger partial charge on any atom is -0.274 e. The number of benzene rings is 2. The summed E-state index contributed by atoms with van der Waals surface area (Å²) >= 11 is 1.68. The summed E-state index contributed by atoms with van der Waals surface area (Å²) in [6.07, 6.45) is 1.84. The molecule has 0 N–H and O–H groups in total. The molecule has 0 aliphatic rings. The maximum Gasteiger partial charge on any atom is 0.196 e. The van der Waals surface area contributed by atoms with Crippen LogP contribution in [0.4, 0.5) is 0 Å². The molecule has 3 nitrogen and oxygen atoms in total. The van der Waals surface area contributed by atoms with Crippen LogP contribution in [0.3, 0.4) is 0 Å². The predicted octanol–water partition coefficient (Wildman–Crippen LogP) is 3.64. The molecule has 0 amide bonds. The van der Waals surface area contributed by atoms with Gasteiger partial charge in [0.05, 0.1) is 21.3 Å². The number of para-hydroxylation sites is 3. The second-order valence-corrected chi connectivity index (χ2v) is 5.08. The standard InChI is InChI=1S/C14H9N3S/c1-3-7-12-10(5-1)15-9-17(12)14-16-11-6-2-4-8-13(11)18-14/h1-9H. The Kier molecular flexibility index (Phi) is 1.98. The molecule has 2 aromatic carbocycles. The molecule has 4 aromatic rings. The van der Waals surface area contributed by atoms with Crippen LogP contribution in [-0.4, -0.2) is 14.5 Å². The van der Waals surface area contributed by atoms with Gasteiger partial charge in [0, 0.05) is 0 Å². The Morgan fingerprint density at radius 3 is 2.56 bits per heavy atom. The summed E-state index contributed by atoms with van der Waals surface area (Å²) in [6, 6.07) is 16.3. The zero-order valence-corrected chi connectivity index (χ0v) is 10.3. The molecule has 2 aromatic heterocycles. The first-order valence-corrected chi connectivity index (χ1v) is 6.51. The third-order valence-electron chi connectivity index (χ3n) is 2.94. The number of nitrogens with zero attached hydrogens (tertiary/aromatic N) is 3. The molecule has 0 atom stereocenters. The molecule has 18 heavy (non-hydrogen) atoms. The Morgan fingerprint density at radius 1 is 0.889 bits per heavy atom. The normalized spacial score (nSPS) is 11.3. The lowest BCUT2D eigenvalue weighted by molar-refractivity contribution is 1.07. The van der Waals surface area contributed by atoms with Crippen molar-refractivity contribution in [1.29, 1.82) is 0 Å². The van der Waals surface area contributed by atoms with Gasteiger partial charge in [0.15, 0.2) is 5.13 Å². The lowest BCUT2D eigenvalue weighted by Gasteiger charge is -1.97. The van der Waals surface area contributed by atoms with Crippen LogP contribution < -0.4 is 0 Å². The Labute approximate surface area is 107 Å². The van der Waals surface area contributed by atoms with Gasteiger partial charge in [0.1, 0.15) is 6.33 Å². The van der Waals surface area contributed by atoms with E-state index in [1.54, 1.807) is 11.3 Å². The van der Waals surface area contributed by atoms with Crippen molar-refractivity contribution in [2.75, 3.05) is 0 Å². The maximum atomic E-state index is 4.65. The van der Waals surface area contributed by atoms with Crippen LogP contribution in [0.1, 0.15) is 0 Å². The van der Waals surface area contributed by atoms with Gasteiger partial charge in [0.25, 0.3) is 0 Å². The highest BCUT2D eigenvalue weighted by molar-refractivity contribution is 7.20. The zero-order chi connectivity index (χ0) is 11.9. The number of imidazole rings is 1. The van der Waals surface area contributed by atoms with Crippen molar-refractivity contribution in [2.45, 2.75) is 0 Å². The summed E-state index contributed by atoms with van der Waals surface area (Å²) in [7, 11) is 0. The summed E-state index contributed by atoms with van der Waals surface area (Å²) < 4.78 is 3.24. The molecule has 0 unspecified atom stereocenters. The van der Waals surface area contributed by atoms with Gasteiger partial charge in [-0.2, -0.15) is 0 Å². The zero-order valence-electron chi connectivity index (χ0n) is 9.45. The molecule has 4 rings (SSSR count). The molecule has 0 saturated carbocycles. The number of thiazole rings is 1. The van der Waals surface area contributed by atoms with Crippen molar-refractivity contribution in [2.24, 2.45) is 0 Å². The quantitative estimate of drug-likeness (QED) is 0.517. The highest BCUT2D eigenvalue weighted by atomic mass is 32.1. The molecule has 0 saturated heterocycles. The first kappa shape index (κ1) is 9.79. The van der Waals surface area contributed by atoms with E-state index in [-0.39, 0.29) is 0 Å². The van der Waals surface area contributed by atoms with Gasteiger partial charge in [-0.05, 0) is 24.3 Å². The number of hydrogen-bond acceptors (Lipinski definition) is 3. The fourth-order valence-electron chi connectivity index (χ4n) is 2.07. The molecule has 4 heteroatoms. The third kappa shape index (κ3) is 1.36. The van der Waals surface area contributed by atoms with E-state index < -0.39 is 0 Å². The fourth-order valence-corrected chi connectivity index (χ4v) is 3.02. The smallest absolute Gasteiger partial charge is 0.196 e. The average molecular weight is 251 g/mol. The summed E-state index contributed by atoms with van der Waals surface area (Å²) in [4.78, 5) is 9.04. The van der Waals surface area contributed by atoms with Crippen LogP contribution >= 0.6 is 11.3 Å². The minimum absolute atomic E-state index is 0.963. The van der Waals surface area contributed by atoms with Gasteiger partial charge in [-0.25, -0.2) is 9.97 Å². The van der Waals surface area contributed by atoms with Gasteiger partial charge in [-0.15, -0.1) is 0 Å². The number of fused-ring (bicyclic) bond motifs is 2. The summed E-state index contributed by atoms with van der Waals surface area (Å²) in [6.45, 7) is 0. The van der Waals surface area contributed by atoms with E-state index >= 15 is 0 Å². The third-order valence-corrected chi connectivity index (χ3v) is 3.98. The highest BCUT2D eigenvalue weighted by Gasteiger charge is 2.08. The Morgan fingerprint density at radius 2 is 1.67 bits per heavy atom. The van der Waals surface area contributed by atoms with Crippen molar-refractivity contribution in [3.63, 3.8) is 0 Å². The molecular formula is C14H9N3S. The van der Waals surface area contributed by atoms with E-state index in [9.17, 15) is 0 Å². The van der Waals surface area contributed by atoms with E-state index in [0.29, 0.717) is 0 Å². The fraction of sp³-hybridized carbons (Fsp3) is 0. The topological polar surface area (TPSA) is 30.7 Å². The summed E-state index contributed by atoms with van der Waals surface area (Å²) in [5.41, 5.74) is 3.13. The molecule has 0 aliphatic heterocycles. The first-order valence-electron chi connectivity index (χ1n) is 5.70. The van der Waals surface area contributed by atoms with Crippen LogP contribution in [0.15, 0.2) is 54.9 Å². The van der Waals surface area contributed by atoms with E-state index in [1.165, 1.54) is 4.70 Å². The van der Waals surface area contributed by atoms with Crippen LogP contribution in [0.25, 0.3) is 26.4 Å². The average Bonchev–Trinajstić information content (AvgIpc) is 3.02. The number of aromatic nitrogens is 3. The van der Waals surface area contributed by atoms with Crippen LogP contribution in [-0.2, 0) is 0 Å². The Balaban J connectivity index is 2.01. The van der Waals surface area contributed by atoms with Crippen molar-refractivity contribution in [1.82, 2.24) is 14.5 Å². The maximum absolute atomic E-state index is 4.65. The first-order chi connectivity index (χ1) is 8.92. The molecule has 2 heterocycles. The lowest BCUT2D eigenvalue weighted by atomic mass is 10.3. The van der Waals surface area contributed by atoms with Crippen molar-refractivity contribution >= 4 is 32.6 Å². The highest BCUT2D eigenvalue weighted by Crippen LogP contribution is 2.26. The van der Waals surface area contributed by atoms with Crippen molar-refractivity contribution < 1.29 is 0 Å². The van der Waals surface area contributed by atoms with E-state index in [1.807, 2.05) is 47.3 Å². The summed E-state index contributed by atoms with van der Waals surface area (Å²) in [5, 5.41) is 0.963. The predicted molar refractivity (Wildman–Crippen MR) is 74.2 cm³/mol. The SMILES string of the molecule is c1ccc2sc(-n3cnc4ccccc43)nc2c1. The molecule has 0 aliphatic carbocycles. The molecule has 0 radical (unpaired) electrons. The largest absolute Gasteiger partial charge is 0.274 e. The summed E-state index contributed by atoms with van der Waals surface area (Å²) in [5.74, 6) is 0. The van der Waals surface area contributed by atoms with Gasteiger partial charge < -0.3 is 0 Å². The van der Waals surface area contributed by atoms with E-state index in [0.717, 1.165) is 21.7 Å². The molecular weight excluding hydrogens is 242 g/mol. The second-order valence-electron chi connectivity index (χ2n) is 4.07. The van der Waals surface area contributed by atoms with Gasteiger partial charge >= 0.3 is 0 Å². The molecule has 0 spiro atoms.